The molecule has 2 aromatic carbocycles. The van der Waals surface area contributed by atoms with Crippen LogP contribution in [-0.4, -0.2) is 43.9 Å². The fraction of sp³-hybridized carbons (Fsp3) is 0.105. The zero-order chi connectivity index (χ0) is 19.4. The molecule has 0 aliphatic heterocycles. The molecule has 0 fully saturated rings. The Balaban J connectivity index is 1.79. The van der Waals surface area contributed by atoms with Gasteiger partial charge < -0.3 is 0 Å². The van der Waals surface area contributed by atoms with Gasteiger partial charge in [0.25, 0.3) is 5.91 Å². The first kappa shape index (κ1) is 18.7. The predicted octanol–water partition coefficient (Wildman–Crippen LogP) is 2.25. The van der Waals surface area contributed by atoms with Crippen LogP contribution in [-0.2, 0) is 10.0 Å². The van der Waals surface area contributed by atoms with Crippen molar-refractivity contribution in [3.05, 3.63) is 71.9 Å². The molecule has 0 radical (unpaired) electrons. The lowest BCUT2D eigenvalue weighted by molar-refractivity contribution is 0.0955. The minimum Gasteiger partial charge on any atom is -0.267 e. The van der Waals surface area contributed by atoms with E-state index < -0.39 is 15.9 Å². The Bertz CT molecular complexity index is 1120. The third-order valence-electron chi connectivity index (χ3n) is 3.93. The average molecular weight is 382 g/mol. The molecule has 7 nitrogen and oxygen atoms in total. The highest BCUT2D eigenvalue weighted by atomic mass is 32.2. The average Bonchev–Trinajstić information content (AvgIpc) is 2.68. The van der Waals surface area contributed by atoms with Gasteiger partial charge in [-0.15, -0.1) is 0 Å². The quantitative estimate of drug-likeness (QED) is 0.541. The summed E-state index contributed by atoms with van der Waals surface area (Å²) in [5, 5.41) is 4.90. The van der Waals surface area contributed by atoms with Crippen LogP contribution in [0.5, 0.6) is 0 Å². The molecular weight excluding hydrogens is 364 g/mol. The highest BCUT2D eigenvalue weighted by Gasteiger charge is 2.18. The van der Waals surface area contributed by atoms with Gasteiger partial charge in [0.1, 0.15) is 0 Å². The highest BCUT2D eigenvalue weighted by molar-refractivity contribution is 7.89. The Kier molecular flexibility index (Phi) is 5.29. The standard InChI is InChI=1S/C19H18N4O3S/c1-23(2)27(25,26)16-7-5-6-14(12-16)19(24)22-21-13-15-10-11-20-18-9-4-3-8-17(15)18/h3-13H,1-2H3,(H,22,24)/b21-13-. The number of fused-ring (bicyclic) bond motifs is 1. The molecule has 0 spiro atoms. The van der Waals surface area contributed by atoms with Crippen LogP contribution in [0.3, 0.4) is 0 Å². The van der Waals surface area contributed by atoms with Crippen LogP contribution in [0.25, 0.3) is 10.9 Å². The number of carbonyl (C=O) groups is 1. The topological polar surface area (TPSA) is 91.7 Å². The van der Waals surface area contributed by atoms with Crippen LogP contribution in [0, 0.1) is 0 Å². The number of aromatic nitrogens is 1. The SMILES string of the molecule is CN(C)S(=O)(=O)c1cccc(C(=O)N/N=C\c2ccnc3ccccc23)c1. The van der Waals surface area contributed by atoms with E-state index in [2.05, 4.69) is 15.5 Å². The van der Waals surface area contributed by atoms with Crippen LogP contribution in [0.15, 0.2) is 70.8 Å². The summed E-state index contributed by atoms with van der Waals surface area (Å²) < 4.78 is 25.5. The number of sulfonamides is 1. The molecule has 1 aromatic heterocycles. The molecule has 27 heavy (non-hydrogen) atoms. The van der Waals surface area contributed by atoms with Crippen molar-refractivity contribution in [2.75, 3.05) is 14.1 Å². The van der Waals surface area contributed by atoms with Crippen molar-refractivity contribution in [2.45, 2.75) is 4.90 Å². The summed E-state index contributed by atoms with van der Waals surface area (Å²) in [5.74, 6) is -0.500. The lowest BCUT2D eigenvalue weighted by Crippen LogP contribution is -2.23. The number of carbonyl (C=O) groups excluding carboxylic acids is 1. The van der Waals surface area contributed by atoms with Gasteiger partial charge in [0.05, 0.1) is 16.6 Å². The minimum absolute atomic E-state index is 0.0456. The van der Waals surface area contributed by atoms with Crippen molar-refractivity contribution in [2.24, 2.45) is 5.10 Å². The molecule has 0 aliphatic rings. The Labute approximate surface area is 157 Å². The number of hydrogen-bond donors (Lipinski definition) is 1. The molecule has 0 atom stereocenters. The van der Waals surface area contributed by atoms with Gasteiger partial charge in [0.2, 0.25) is 10.0 Å². The predicted molar refractivity (Wildman–Crippen MR) is 104 cm³/mol. The van der Waals surface area contributed by atoms with E-state index in [0.29, 0.717) is 0 Å². The molecule has 0 unspecified atom stereocenters. The fourth-order valence-corrected chi connectivity index (χ4v) is 3.41. The summed E-state index contributed by atoms with van der Waals surface area (Å²) in [6.45, 7) is 0. The largest absolute Gasteiger partial charge is 0.271 e. The maximum absolute atomic E-state index is 12.3. The minimum atomic E-state index is -3.61. The summed E-state index contributed by atoms with van der Waals surface area (Å²) in [6.07, 6.45) is 3.20. The molecule has 3 rings (SSSR count). The number of hydrazone groups is 1. The van der Waals surface area contributed by atoms with E-state index in [4.69, 9.17) is 0 Å². The lowest BCUT2D eigenvalue weighted by atomic mass is 10.1. The first-order valence-electron chi connectivity index (χ1n) is 8.09. The zero-order valence-corrected chi connectivity index (χ0v) is 15.6. The molecule has 0 saturated heterocycles. The Hall–Kier alpha value is -3.10. The molecule has 1 N–H and O–H groups in total. The summed E-state index contributed by atoms with van der Waals surface area (Å²) >= 11 is 0. The van der Waals surface area contributed by atoms with Crippen LogP contribution >= 0.6 is 0 Å². The van der Waals surface area contributed by atoms with Crippen molar-refractivity contribution < 1.29 is 13.2 Å². The van der Waals surface area contributed by atoms with Crippen molar-refractivity contribution in [3.8, 4) is 0 Å². The Morgan fingerprint density at radius 1 is 1.11 bits per heavy atom. The van der Waals surface area contributed by atoms with E-state index >= 15 is 0 Å². The van der Waals surface area contributed by atoms with Gasteiger partial charge in [0.15, 0.2) is 0 Å². The number of nitrogens with zero attached hydrogens (tertiary/aromatic N) is 3. The van der Waals surface area contributed by atoms with Crippen LogP contribution in [0.4, 0.5) is 0 Å². The number of para-hydroxylation sites is 1. The zero-order valence-electron chi connectivity index (χ0n) is 14.8. The third-order valence-corrected chi connectivity index (χ3v) is 5.74. The van der Waals surface area contributed by atoms with Gasteiger partial charge in [-0.2, -0.15) is 5.10 Å². The van der Waals surface area contributed by atoms with Gasteiger partial charge in [0, 0.05) is 36.8 Å². The molecule has 1 heterocycles. The van der Waals surface area contributed by atoms with Crippen molar-refractivity contribution in [3.63, 3.8) is 0 Å². The molecule has 0 aliphatic carbocycles. The van der Waals surface area contributed by atoms with Crippen LogP contribution < -0.4 is 5.43 Å². The number of benzene rings is 2. The monoisotopic (exact) mass is 382 g/mol. The van der Waals surface area contributed by atoms with Gasteiger partial charge in [-0.25, -0.2) is 18.1 Å². The summed E-state index contributed by atoms with van der Waals surface area (Å²) in [6, 6.07) is 15.2. The lowest BCUT2D eigenvalue weighted by Gasteiger charge is -2.11. The van der Waals surface area contributed by atoms with Gasteiger partial charge in [-0.05, 0) is 30.3 Å². The third kappa shape index (κ3) is 4.02. The number of hydrogen-bond acceptors (Lipinski definition) is 5. The smallest absolute Gasteiger partial charge is 0.267 e. The van der Waals surface area contributed by atoms with E-state index in [9.17, 15) is 13.2 Å². The molecular formula is C19H18N4O3S. The van der Waals surface area contributed by atoms with Crippen molar-refractivity contribution in [1.82, 2.24) is 14.7 Å². The number of pyridine rings is 1. The maximum Gasteiger partial charge on any atom is 0.271 e. The normalized spacial score (nSPS) is 12.0. The first-order chi connectivity index (χ1) is 12.9. The van der Waals surface area contributed by atoms with E-state index in [1.807, 2.05) is 24.3 Å². The van der Waals surface area contributed by atoms with Crippen LogP contribution in [0.2, 0.25) is 0 Å². The summed E-state index contributed by atoms with van der Waals surface area (Å²) in [5.41, 5.74) is 4.26. The van der Waals surface area contributed by atoms with E-state index in [1.54, 1.807) is 12.3 Å². The molecule has 8 heteroatoms. The second-order valence-corrected chi connectivity index (χ2v) is 8.08. The van der Waals surface area contributed by atoms with Gasteiger partial charge in [-0.3, -0.25) is 9.78 Å². The van der Waals surface area contributed by atoms with Crippen LogP contribution in [0.1, 0.15) is 15.9 Å². The van der Waals surface area contributed by atoms with E-state index in [-0.39, 0.29) is 10.5 Å². The van der Waals surface area contributed by atoms with Crippen molar-refractivity contribution >= 4 is 33.0 Å². The molecule has 3 aromatic rings. The molecule has 0 saturated carbocycles. The number of rotatable bonds is 5. The first-order valence-corrected chi connectivity index (χ1v) is 9.53. The second-order valence-electron chi connectivity index (χ2n) is 5.93. The van der Waals surface area contributed by atoms with Gasteiger partial charge in [-0.1, -0.05) is 24.3 Å². The highest BCUT2D eigenvalue weighted by Crippen LogP contribution is 2.15. The fourth-order valence-electron chi connectivity index (χ4n) is 2.46. The molecule has 138 valence electrons. The summed E-state index contributed by atoms with van der Waals surface area (Å²) in [4.78, 5) is 16.6. The number of amides is 1. The molecule has 0 bridgehead atoms. The Morgan fingerprint density at radius 3 is 2.67 bits per heavy atom. The van der Waals surface area contributed by atoms with E-state index in [1.165, 1.54) is 44.6 Å². The summed E-state index contributed by atoms with van der Waals surface area (Å²) in [7, 11) is -0.741. The maximum atomic E-state index is 12.3. The van der Waals surface area contributed by atoms with Gasteiger partial charge >= 0.3 is 0 Å². The Morgan fingerprint density at radius 2 is 1.89 bits per heavy atom. The second kappa shape index (κ2) is 7.65. The number of nitrogens with one attached hydrogen (secondary N) is 1. The molecule has 1 amide bonds. The van der Waals surface area contributed by atoms with E-state index in [0.717, 1.165) is 20.8 Å². The van der Waals surface area contributed by atoms with Crippen molar-refractivity contribution in [1.29, 1.82) is 0 Å².